The topological polar surface area (TPSA) is 122 Å². The first-order valence-electron chi connectivity index (χ1n) is 9.85. The lowest BCUT2D eigenvalue weighted by molar-refractivity contribution is -0.114. The van der Waals surface area contributed by atoms with E-state index in [1.165, 1.54) is 6.92 Å². The summed E-state index contributed by atoms with van der Waals surface area (Å²) in [5.41, 5.74) is 4.09. The molecule has 0 radical (unpaired) electrons. The SMILES string of the molecule is CC(=O)Nc1ccc(NCCn2c3nc(=O)[nH]c(=O)c-3nc3cc(C)c(C)cc32)cc1. The predicted molar refractivity (Wildman–Crippen MR) is 120 cm³/mol. The van der Waals surface area contributed by atoms with Crippen LogP contribution < -0.4 is 21.9 Å². The van der Waals surface area contributed by atoms with Crippen LogP contribution in [-0.2, 0) is 11.3 Å². The zero-order valence-corrected chi connectivity index (χ0v) is 17.4. The smallest absolute Gasteiger partial charge is 0.349 e. The molecular weight excluding hydrogens is 396 g/mol. The molecule has 3 N–H and O–H groups in total. The molecule has 9 nitrogen and oxygen atoms in total. The molecule has 2 aromatic carbocycles. The van der Waals surface area contributed by atoms with E-state index in [1.54, 1.807) is 0 Å². The van der Waals surface area contributed by atoms with E-state index >= 15 is 0 Å². The van der Waals surface area contributed by atoms with E-state index in [0.29, 0.717) is 18.6 Å². The lowest BCUT2D eigenvalue weighted by Gasteiger charge is -2.18. The number of nitrogens with zero attached hydrogens (tertiary/aromatic N) is 3. The molecule has 158 valence electrons. The fourth-order valence-corrected chi connectivity index (χ4v) is 3.46. The van der Waals surface area contributed by atoms with Crippen molar-refractivity contribution in [3.05, 3.63) is 68.4 Å². The molecule has 9 heteroatoms. The minimum absolute atomic E-state index is 0.126. The number of amides is 1. The molecule has 0 saturated carbocycles. The predicted octanol–water partition coefficient (Wildman–Crippen LogP) is 2.27. The van der Waals surface area contributed by atoms with Gasteiger partial charge in [-0.2, -0.15) is 4.98 Å². The highest BCUT2D eigenvalue weighted by molar-refractivity contribution is 5.88. The number of hydrogen-bond donors (Lipinski definition) is 3. The van der Waals surface area contributed by atoms with Crippen molar-refractivity contribution in [2.24, 2.45) is 0 Å². The first kappa shape index (κ1) is 20.3. The number of aromatic nitrogens is 4. The Kier molecular flexibility index (Phi) is 5.24. The largest absolute Gasteiger partial charge is 0.383 e. The molecule has 0 atom stereocenters. The summed E-state index contributed by atoms with van der Waals surface area (Å²) in [6.45, 7) is 6.43. The van der Waals surface area contributed by atoms with Crippen molar-refractivity contribution in [2.75, 3.05) is 17.2 Å². The van der Waals surface area contributed by atoms with Gasteiger partial charge in [-0.3, -0.25) is 14.6 Å². The molecule has 0 bridgehead atoms. The van der Waals surface area contributed by atoms with Gasteiger partial charge in [-0.25, -0.2) is 9.78 Å². The maximum absolute atomic E-state index is 12.3. The minimum Gasteiger partial charge on any atom is -0.383 e. The van der Waals surface area contributed by atoms with Gasteiger partial charge >= 0.3 is 5.69 Å². The summed E-state index contributed by atoms with van der Waals surface area (Å²) >= 11 is 0. The van der Waals surface area contributed by atoms with Gasteiger partial charge < -0.3 is 15.2 Å². The molecule has 0 unspecified atom stereocenters. The van der Waals surface area contributed by atoms with E-state index < -0.39 is 11.2 Å². The van der Waals surface area contributed by atoms with E-state index in [-0.39, 0.29) is 17.4 Å². The van der Waals surface area contributed by atoms with Crippen LogP contribution in [0.15, 0.2) is 46.0 Å². The van der Waals surface area contributed by atoms with Crippen LogP contribution in [0.3, 0.4) is 0 Å². The molecule has 0 aromatic heterocycles. The Morgan fingerprint density at radius 3 is 2.42 bits per heavy atom. The third-order valence-corrected chi connectivity index (χ3v) is 5.09. The van der Waals surface area contributed by atoms with E-state index in [2.05, 4.69) is 25.6 Å². The van der Waals surface area contributed by atoms with E-state index in [9.17, 15) is 14.4 Å². The van der Waals surface area contributed by atoms with Crippen LogP contribution in [0.5, 0.6) is 0 Å². The normalized spacial score (nSPS) is 11.1. The molecule has 0 saturated heterocycles. The average molecular weight is 418 g/mol. The van der Waals surface area contributed by atoms with Gasteiger partial charge in [0, 0.05) is 31.4 Å². The summed E-state index contributed by atoms with van der Waals surface area (Å²) in [7, 11) is 0. The molecule has 0 spiro atoms. The molecule has 1 amide bonds. The van der Waals surface area contributed by atoms with Gasteiger partial charge in [-0.1, -0.05) is 0 Å². The number of anilines is 2. The second-order valence-corrected chi connectivity index (χ2v) is 7.42. The summed E-state index contributed by atoms with van der Waals surface area (Å²) in [5.74, 6) is 0.131. The maximum Gasteiger partial charge on any atom is 0.349 e. The summed E-state index contributed by atoms with van der Waals surface area (Å²) in [6, 6.07) is 11.3. The number of rotatable bonds is 5. The summed E-state index contributed by atoms with van der Waals surface area (Å²) in [4.78, 5) is 46.0. The van der Waals surface area contributed by atoms with Crippen molar-refractivity contribution in [2.45, 2.75) is 27.3 Å². The Labute approximate surface area is 177 Å². The molecule has 0 aliphatic carbocycles. The summed E-state index contributed by atoms with van der Waals surface area (Å²) < 4.78 is 1.85. The van der Waals surface area contributed by atoms with Crippen molar-refractivity contribution >= 4 is 28.3 Å². The lowest BCUT2D eigenvalue weighted by Crippen LogP contribution is -2.29. The van der Waals surface area contributed by atoms with E-state index in [4.69, 9.17) is 0 Å². The number of fused-ring (bicyclic) bond motifs is 2. The third-order valence-electron chi connectivity index (χ3n) is 5.09. The summed E-state index contributed by atoms with van der Waals surface area (Å²) in [6.07, 6.45) is 0. The van der Waals surface area contributed by atoms with Crippen LogP contribution in [-0.4, -0.2) is 32.0 Å². The Bertz CT molecular complexity index is 1370. The fourth-order valence-electron chi connectivity index (χ4n) is 3.46. The molecule has 2 heterocycles. The van der Waals surface area contributed by atoms with Crippen LogP contribution in [0.1, 0.15) is 18.1 Å². The monoisotopic (exact) mass is 418 g/mol. The number of H-pyrrole nitrogens is 1. The molecule has 2 aromatic rings. The Balaban J connectivity index is 1.68. The second kappa shape index (κ2) is 8.02. The van der Waals surface area contributed by atoms with Gasteiger partial charge in [0.2, 0.25) is 5.91 Å². The molecule has 2 aliphatic heterocycles. The highest BCUT2D eigenvalue weighted by atomic mass is 16.2. The van der Waals surface area contributed by atoms with Gasteiger partial charge in [0.1, 0.15) is 0 Å². The molecule has 4 rings (SSSR count). The standard InChI is InChI=1S/C22H22N6O3/c1-12-10-17-18(11-13(12)2)28(20-19(25-17)21(30)27-22(31)26-20)9-8-23-15-4-6-16(7-5-15)24-14(3)29/h4-7,10-11,23H,8-9H2,1-3H3,(H,24,29)(H,27,30,31). The highest BCUT2D eigenvalue weighted by Gasteiger charge is 2.19. The number of carbonyl (C=O) groups excluding carboxylic acids is 1. The van der Waals surface area contributed by atoms with Gasteiger partial charge in [-0.15, -0.1) is 0 Å². The van der Waals surface area contributed by atoms with Gasteiger partial charge in [0.05, 0.1) is 11.0 Å². The van der Waals surface area contributed by atoms with E-state index in [1.807, 2.05) is 54.8 Å². The zero-order valence-electron chi connectivity index (χ0n) is 17.4. The van der Waals surface area contributed by atoms with Gasteiger partial charge in [0.25, 0.3) is 5.56 Å². The van der Waals surface area contributed by atoms with Gasteiger partial charge in [0.15, 0.2) is 11.5 Å². The average Bonchev–Trinajstić information content (AvgIpc) is 2.70. The van der Waals surface area contributed by atoms with Crippen molar-refractivity contribution in [3.63, 3.8) is 0 Å². The van der Waals surface area contributed by atoms with Crippen LogP contribution in [0.4, 0.5) is 11.4 Å². The number of nitrogens with one attached hydrogen (secondary N) is 3. The quantitative estimate of drug-likeness (QED) is 0.428. The number of aryl methyl sites for hydroxylation is 2. The first-order chi connectivity index (χ1) is 14.8. The Morgan fingerprint density at radius 1 is 1.03 bits per heavy atom. The fraction of sp³-hybridized carbons (Fsp3) is 0.227. The number of benzene rings is 2. The third kappa shape index (κ3) is 4.16. The van der Waals surface area contributed by atoms with Crippen molar-refractivity contribution < 1.29 is 4.79 Å². The number of carbonyl (C=O) groups is 1. The molecular formula is C22H22N6O3. The van der Waals surface area contributed by atoms with Crippen molar-refractivity contribution in [1.29, 1.82) is 0 Å². The van der Waals surface area contributed by atoms with Gasteiger partial charge in [-0.05, 0) is 61.4 Å². The van der Waals surface area contributed by atoms with Crippen LogP contribution in [0.25, 0.3) is 22.6 Å². The highest BCUT2D eigenvalue weighted by Crippen LogP contribution is 2.23. The first-order valence-corrected chi connectivity index (χ1v) is 9.85. The van der Waals surface area contributed by atoms with Crippen molar-refractivity contribution in [3.8, 4) is 11.5 Å². The minimum atomic E-state index is -0.697. The molecule has 2 aliphatic rings. The molecule has 31 heavy (non-hydrogen) atoms. The number of aromatic amines is 1. The zero-order chi connectivity index (χ0) is 22.1. The summed E-state index contributed by atoms with van der Waals surface area (Å²) in [5, 5.41) is 6.04. The molecule has 0 fully saturated rings. The Morgan fingerprint density at radius 2 is 1.71 bits per heavy atom. The van der Waals surface area contributed by atoms with Crippen LogP contribution in [0, 0.1) is 13.8 Å². The van der Waals surface area contributed by atoms with E-state index in [0.717, 1.165) is 28.0 Å². The lowest BCUT2D eigenvalue weighted by atomic mass is 10.1. The van der Waals surface area contributed by atoms with Crippen LogP contribution >= 0.6 is 0 Å². The number of hydrogen-bond acceptors (Lipinski definition) is 6. The van der Waals surface area contributed by atoms with Crippen molar-refractivity contribution in [1.82, 2.24) is 19.5 Å². The Hall–Kier alpha value is -4.01. The van der Waals surface area contributed by atoms with Crippen LogP contribution in [0.2, 0.25) is 0 Å². The second-order valence-electron chi connectivity index (χ2n) is 7.42. The maximum atomic E-state index is 12.3.